The van der Waals surface area contributed by atoms with Crippen LogP contribution in [0, 0.1) is 0 Å². The van der Waals surface area contributed by atoms with Gasteiger partial charge in [0.2, 0.25) is 0 Å². The van der Waals surface area contributed by atoms with Crippen LogP contribution >= 0.6 is 39.9 Å². The minimum atomic E-state index is -4.19. The Morgan fingerprint density at radius 3 is 2.43 bits per heavy atom. The Hall–Kier alpha value is -0.710. The molecule has 4 nitrogen and oxygen atoms in total. The maximum Gasteiger partial charge on any atom is 0.390 e. The van der Waals surface area contributed by atoms with Crippen molar-refractivity contribution in [3.05, 3.63) is 28.7 Å². The van der Waals surface area contributed by atoms with Gasteiger partial charge in [0.05, 0.1) is 19.5 Å². The summed E-state index contributed by atoms with van der Waals surface area (Å²) in [5.41, 5.74) is 0. The Labute approximate surface area is 159 Å². The zero-order chi connectivity index (χ0) is 16.4. The molecular weight excluding hydrogens is 490 g/mol. The second-order valence-electron chi connectivity index (χ2n) is 4.35. The molecule has 23 heavy (non-hydrogen) atoms. The largest absolute Gasteiger partial charge is 0.492 e. The molecule has 0 unspecified atom stereocenters. The van der Waals surface area contributed by atoms with Crippen LogP contribution in [0.5, 0.6) is 5.75 Å². The average molecular weight is 510 g/mol. The van der Waals surface area contributed by atoms with Crippen LogP contribution in [0.15, 0.2) is 33.7 Å². The fourth-order valence-electron chi connectivity index (χ4n) is 1.51. The van der Waals surface area contributed by atoms with Crippen LogP contribution in [0.1, 0.15) is 13.3 Å². The van der Waals surface area contributed by atoms with Gasteiger partial charge < -0.3 is 15.4 Å². The molecule has 0 amide bonds. The van der Waals surface area contributed by atoms with Gasteiger partial charge in [0.15, 0.2) is 5.96 Å². The Kier molecular flexibility index (Phi) is 11.4. The molecule has 0 atom stereocenters. The molecule has 9 heteroatoms. The van der Waals surface area contributed by atoms with Crippen molar-refractivity contribution in [2.45, 2.75) is 19.5 Å². The number of aliphatic imine (C=N–C) groups is 1. The molecule has 0 aliphatic carbocycles. The molecule has 1 aromatic carbocycles. The number of nitrogens with zero attached hydrogens (tertiary/aromatic N) is 1. The molecule has 1 aromatic rings. The summed E-state index contributed by atoms with van der Waals surface area (Å²) < 4.78 is 42.7. The van der Waals surface area contributed by atoms with Crippen molar-refractivity contribution in [1.29, 1.82) is 0 Å². The molecule has 0 heterocycles. The number of halogens is 5. The number of alkyl halides is 3. The second-order valence-corrected chi connectivity index (χ2v) is 5.27. The van der Waals surface area contributed by atoms with Crippen LogP contribution in [-0.2, 0) is 0 Å². The fourth-order valence-corrected chi connectivity index (χ4v) is 1.77. The number of nitrogens with one attached hydrogen (secondary N) is 2. The summed E-state index contributed by atoms with van der Waals surface area (Å²) in [5, 5.41) is 5.81. The first kappa shape index (κ1) is 22.3. The molecule has 0 aromatic heterocycles. The first-order chi connectivity index (χ1) is 10.4. The van der Waals surface area contributed by atoms with Gasteiger partial charge in [-0.1, -0.05) is 15.9 Å². The van der Waals surface area contributed by atoms with Crippen LogP contribution in [0.25, 0.3) is 0 Å². The normalized spacial score (nSPS) is 11.6. The Balaban J connectivity index is 0.00000484. The molecule has 0 aliphatic rings. The van der Waals surface area contributed by atoms with E-state index in [1.807, 2.05) is 31.2 Å². The standard InChI is InChI=1S/C14H19BrF3N3O.HI/c1-2-19-13(20-8-7-14(16,17)18)21-9-10-22-12-5-3-11(15)4-6-12;/h3-6H,2,7-10H2,1H3,(H2,19,20,21);1H. The predicted molar refractivity (Wildman–Crippen MR) is 99.7 cm³/mol. The molecule has 0 aliphatic heterocycles. The number of ether oxygens (including phenoxy) is 1. The van der Waals surface area contributed by atoms with Crippen LogP contribution in [-0.4, -0.2) is 38.4 Å². The highest BCUT2D eigenvalue weighted by atomic mass is 127. The summed E-state index contributed by atoms with van der Waals surface area (Å²) in [6.45, 7) is 2.94. The second kappa shape index (κ2) is 11.8. The van der Waals surface area contributed by atoms with Gasteiger partial charge in [0.25, 0.3) is 0 Å². The van der Waals surface area contributed by atoms with Crippen molar-refractivity contribution in [2.24, 2.45) is 4.99 Å². The van der Waals surface area contributed by atoms with Crippen LogP contribution in [0.3, 0.4) is 0 Å². The van der Waals surface area contributed by atoms with Crippen molar-refractivity contribution in [1.82, 2.24) is 10.6 Å². The molecule has 1 rings (SSSR count). The Bertz CT molecular complexity index is 469. The van der Waals surface area contributed by atoms with E-state index in [4.69, 9.17) is 4.74 Å². The lowest BCUT2D eigenvalue weighted by Crippen LogP contribution is -2.39. The Morgan fingerprint density at radius 1 is 1.22 bits per heavy atom. The van der Waals surface area contributed by atoms with E-state index in [0.29, 0.717) is 25.7 Å². The van der Waals surface area contributed by atoms with Gasteiger partial charge in [0, 0.05) is 11.0 Å². The molecular formula is C14H20BrF3IN3O. The predicted octanol–water partition coefficient (Wildman–Crippen LogP) is 3.95. The SMILES string of the molecule is CCNC(=NCCC(F)(F)F)NCCOc1ccc(Br)cc1.I. The van der Waals surface area contributed by atoms with Gasteiger partial charge in [-0.15, -0.1) is 24.0 Å². The number of hydrogen-bond donors (Lipinski definition) is 2. The summed E-state index contributed by atoms with van der Waals surface area (Å²) >= 11 is 3.33. The lowest BCUT2D eigenvalue weighted by molar-refractivity contribution is -0.132. The van der Waals surface area contributed by atoms with Crippen molar-refractivity contribution in [3.63, 3.8) is 0 Å². The number of hydrogen-bond acceptors (Lipinski definition) is 2. The summed E-state index contributed by atoms with van der Waals surface area (Å²) in [4.78, 5) is 3.87. The fraction of sp³-hybridized carbons (Fsp3) is 0.500. The molecule has 0 fully saturated rings. The maximum absolute atomic E-state index is 12.1. The maximum atomic E-state index is 12.1. The summed E-state index contributed by atoms with van der Waals surface area (Å²) in [6.07, 6.45) is -5.12. The third-order valence-corrected chi connectivity index (χ3v) is 3.01. The van der Waals surface area contributed by atoms with Gasteiger partial charge in [-0.25, -0.2) is 0 Å². The van der Waals surface area contributed by atoms with Crippen molar-refractivity contribution in [3.8, 4) is 5.75 Å². The lowest BCUT2D eigenvalue weighted by atomic mass is 10.3. The summed E-state index contributed by atoms with van der Waals surface area (Å²) in [7, 11) is 0. The lowest BCUT2D eigenvalue weighted by Gasteiger charge is -2.12. The highest BCUT2D eigenvalue weighted by Crippen LogP contribution is 2.18. The highest BCUT2D eigenvalue weighted by Gasteiger charge is 2.26. The molecule has 0 bridgehead atoms. The van der Waals surface area contributed by atoms with E-state index < -0.39 is 12.6 Å². The Morgan fingerprint density at radius 2 is 1.87 bits per heavy atom. The smallest absolute Gasteiger partial charge is 0.390 e. The third-order valence-electron chi connectivity index (χ3n) is 2.49. The minimum Gasteiger partial charge on any atom is -0.492 e. The number of guanidine groups is 1. The number of benzene rings is 1. The van der Waals surface area contributed by atoms with E-state index in [1.165, 1.54) is 0 Å². The van der Waals surface area contributed by atoms with Crippen molar-refractivity contribution >= 4 is 45.9 Å². The molecule has 0 saturated carbocycles. The zero-order valence-corrected chi connectivity index (χ0v) is 16.5. The van der Waals surface area contributed by atoms with Gasteiger partial charge in [0.1, 0.15) is 12.4 Å². The van der Waals surface area contributed by atoms with Crippen LogP contribution in [0.2, 0.25) is 0 Å². The summed E-state index contributed by atoms with van der Waals surface area (Å²) in [6, 6.07) is 7.39. The highest BCUT2D eigenvalue weighted by molar-refractivity contribution is 14.0. The number of rotatable bonds is 7. The van der Waals surface area contributed by atoms with Crippen LogP contribution in [0.4, 0.5) is 13.2 Å². The third kappa shape index (κ3) is 11.5. The summed E-state index contributed by atoms with van der Waals surface area (Å²) in [5.74, 6) is 1.08. The van der Waals surface area contributed by atoms with E-state index >= 15 is 0 Å². The topological polar surface area (TPSA) is 45.7 Å². The zero-order valence-electron chi connectivity index (χ0n) is 12.6. The first-order valence-corrected chi connectivity index (χ1v) is 7.67. The molecule has 2 N–H and O–H groups in total. The van der Waals surface area contributed by atoms with Crippen LogP contribution < -0.4 is 15.4 Å². The van der Waals surface area contributed by atoms with Crippen molar-refractivity contribution in [2.75, 3.05) is 26.2 Å². The van der Waals surface area contributed by atoms with E-state index in [9.17, 15) is 13.2 Å². The van der Waals surface area contributed by atoms with E-state index in [-0.39, 0.29) is 30.5 Å². The van der Waals surface area contributed by atoms with Gasteiger partial charge in [-0.2, -0.15) is 13.2 Å². The molecule has 132 valence electrons. The van der Waals surface area contributed by atoms with E-state index in [2.05, 4.69) is 31.6 Å². The molecule has 0 radical (unpaired) electrons. The monoisotopic (exact) mass is 509 g/mol. The van der Waals surface area contributed by atoms with Gasteiger partial charge >= 0.3 is 6.18 Å². The average Bonchev–Trinajstić information content (AvgIpc) is 2.44. The quantitative estimate of drug-likeness (QED) is 0.253. The molecule has 0 spiro atoms. The molecule has 0 saturated heterocycles. The van der Waals surface area contributed by atoms with E-state index in [0.717, 1.165) is 10.2 Å². The minimum absolute atomic E-state index is 0. The first-order valence-electron chi connectivity index (χ1n) is 6.88. The van der Waals surface area contributed by atoms with Gasteiger partial charge in [-0.05, 0) is 31.2 Å². The van der Waals surface area contributed by atoms with Gasteiger partial charge in [-0.3, -0.25) is 4.99 Å². The van der Waals surface area contributed by atoms with E-state index in [1.54, 1.807) is 0 Å². The van der Waals surface area contributed by atoms with Crippen molar-refractivity contribution < 1.29 is 17.9 Å².